The van der Waals surface area contributed by atoms with E-state index in [0.717, 1.165) is 11.6 Å². The fraction of sp³-hybridized carbons (Fsp3) is 0.545. The molecule has 0 saturated heterocycles. The highest BCUT2D eigenvalue weighted by Gasteiger charge is 2.26. The molecule has 2 rings (SSSR count). The van der Waals surface area contributed by atoms with Crippen molar-refractivity contribution in [2.24, 2.45) is 0 Å². The topological polar surface area (TPSA) is 49.8 Å². The maximum atomic E-state index is 5.79. The van der Waals surface area contributed by atoms with Gasteiger partial charge in [-0.3, -0.25) is 0 Å². The van der Waals surface area contributed by atoms with Crippen molar-refractivity contribution in [2.75, 3.05) is 10.2 Å². The average Bonchev–Trinajstić information content (AvgIpc) is 2.69. The minimum atomic E-state index is -1.56. The Morgan fingerprint density at radius 2 is 0.900 bits per heavy atom. The number of hydrogen-bond acceptors (Lipinski definition) is 4. The van der Waals surface area contributed by atoms with Crippen LogP contribution in [0.5, 0.6) is 0 Å². The predicted molar refractivity (Wildman–Crippen MR) is 145 cm³/mol. The summed E-state index contributed by atoms with van der Waals surface area (Å²) in [5.41, 5.74) is 1.98. The number of anilines is 2. The van der Waals surface area contributed by atoms with Gasteiger partial charge in [0.2, 0.25) is 0 Å². The van der Waals surface area contributed by atoms with Crippen LogP contribution in [-0.4, -0.2) is 32.6 Å². The first-order chi connectivity index (χ1) is 13.9. The number of nitrogens with zero attached hydrogens (tertiary/aromatic N) is 2. The van der Waals surface area contributed by atoms with Gasteiger partial charge in [-0.1, -0.05) is 91.1 Å². The van der Waals surface area contributed by atoms with Gasteiger partial charge in [0, 0.05) is 24.8 Å². The minimum Gasteiger partial charge on any atom is -0.342 e. The highest BCUT2D eigenvalue weighted by molar-refractivity contribution is 8.16. The number of nitrogens with one attached hydrogen (secondary N) is 2. The SMILES string of the molecule is CC(C)P(=S)(Nc1ccccn1)C(C)C.CC(C)P(=S)(Nc1ccccn1)C(C)C. The van der Waals surface area contributed by atoms with E-state index >= 15 is 0 Å². The molecule has 2 aromatic rings. The summed E-state index contributed by atoms with van der Waals surface area (Å²) in [6.45, 7) is 17.5. The van der Waals surface area contributed by atoms with Gasteiger partial charge in [-0.15, -0.1) is 0 Å². The maximum Gasteiger partial charge on any atom is 0.129 e. The number of rotatable bonds is 8. The van der Waals surface area contributed by atoms with Gasteiger partial charge in [0.15, 0.2) is 0 Å². The molecular formula is C22H38N4P2S2. The summed E-state index contributed by atoms with van der Waals surface area (Å²) < 4.78 is 0. The molecule has 0 aliphatic heterocycles. The second kappa shape index (κ2) is 12.3. The van der Waals surface area contributed by atoms with Gasteiger partial charge in [-0.25, -0.2) is 9.97 Å². The Hall–Kier alpha value is -0.800. The zero-order chi connectivity index (χ0) is 22.9. The van der Waals surface area contributed by atoms with Crippen LogP contribution in [0.1, 0.15) is 55.4 Å². The van der Waals surface area contributed by atoms with Crippen LogP contribution in [0.2, 0.25) is 0 Å². The third-order valence-corrected chi connectivity index (χ3v) is 17.9. The van der Waals surface area contributed by atoms with Crippen LogP contribution < -0.4 is 10.2 Å². The van der Waals surface area contributed by atoms with E-state index in [1.807, 2.05) is 36.4 Å². The molecule has 4 nitrogen and oxygen atoms in total. The third-order valence-electron chi connectivity index (χ3n) is 4.98. The number of hydrogen-bond donors (Lipinski definition) is 2. The van der Waals surface area contributed by atoms with Gasteiger partial charge in [-0.2, -0.15) is 0 Å². The van der Waals surface area contributed by atoms with Crippen LogP contribution >= 0.6 is 12.4 Å². The van der Waals surface area contributed by atoms with Crippen LogP contribution in [0.25, 0.3) is 0 Å². The van der Waals surface area contributed by atoms with E-state index in [9.17, 15) is 0 Å². The quantitative estimate of drug-likeness (QED) is 0.381. The average molecular weight is 485 g/mol. The smallest absolute Gasteiger partial charge is 0.129 e. The van der Waals surface area contributed by atoms with E-state index in [1.54, 1.807) is 12.4 Å². The summed E-state index contributed by atoms with van der Waals surface area (Å²) >= 11 is 11.6. The van der Waals surface area contributed by atoms with Crippen molar-refractivity contribution in [2.45, 2.75) is 78.0 Å². The van der Waals surface area contributed by atoms with Gasteiger partial charge in [-0.05, 0) is 46.9 Å². The summed E-state index contributed by atoms with van der Waals surface area (Å²) in [6.07, 6.45) is 0.460. The lowest BCUT2D eigenvalue weighted by Gasteiger charge is -2.31. The molecule has 168 valence electrons. The van der Waals surface area contributed by atoms with Gasteiger partial charge in [0.05, 0.1) is 0 Å². The Morgan fingerprint density at radius 1 is 0.600 bits per heavy atom. The van der Waals surface area contributed by atoms with Gasteiger partial charge < -0.3 is 10.2 Å². The molecule has 0 aliphatic carbocycles. The molecular weight excluding hydrogens is 446 g/mol. The zero-order valence-electron chi connectivity index (χ0n) is 19.5. The zero-order valence-corrected chi connectivity index (χ0v) is 23.0. The molecule has 0 spiro atoms. The van der Waals surface area contributed by atoms with Crippen LogP contribution in [0.3, 0.4) is 0 Å². The molecule has 2 heterocycles. The van der Waals surface area contributed by atoms with Crippen molar-refractivity contribution in [3.8, 4) is 0 Å². The first-order valence-corrected chi connectivity index (χ1v) is 16.4. The van der Waals surface area contributed by atoms with E-state index in [1.165, 1.54) is 0 Å². The Bertz CT molecular complexity index is 745. The molecule has 2 aromatic heterocycles. The summed E-state index contributed by atoms with van der Waals surface area (Å²) in [4.78, 5) is 8.56. The van der Waals surface area contributed by atoms with Crippen molar-refractivity contribution < 1.29 is 0 Å². The fourth-order valence-electron chi connectivity index (χ4n) is 2.92. The monoisotopic (exact) mass is 484 g/mol. The molecule has 0 amide bonds. The highest BCUT2D eigenvalue weighted by Crippen LogP contribution is 2.55. The fourth-order valence-corrected chi connectivity index (χ4v) is 7.88. The van der Waals surface area contributed by atoms with Crippen molar-refractivity contribution in [3.63, 3.8) is 0 Å². The summed E-state index contributed by atoms with van der Waals surface area (Å²) in [5.74, 6) is 1.81. The number of pyridine rings is 2. The molecule has 0 unspecified atom stereocenters. The summed E-state index contributed by atoms with van der Waals surface area (Å²) in [5, 5.41) is 6.94. The van der Waals surface area contributed by atoms with Crippen molar-refractivity contribution >= 4 is 47.6 Å². The molecule has 0 fully saturated rings. The Kier molecular flexibility index (Phi) is 11.2. The Morgan fingerprint density at radius 3 is 1.10 bits per heavy atom. The van der Waals surface area contributed by atoms with E-state index < -0.39 is 12.4 Å². The van der Waals surface area contributed by atoms with Gasteiger partial charge >= 0.3 is 0 Å². The second-order valence-electron chi connectivity index (χ2n) is 8.45. The van der Waals surface area contributed by atoms with E-state index in [4.69, 9.17) is 23.6 Å². The highest BCUT2D eigenvalue weighted by atomic mass is 32.4. The third kappa shape index (κ3) is 7.71. The maximum absolute atomic E-state index is 5.79. The molecule has 0 atom stereocenters. The standard InChI is InChI=1S/2C11H19N2PS/c2*1-9(2)14(15,10(3)4)13-11-7-5-6-8-12-11/h2*5-10H,1-4H3,(H,12,13,15). The predicted octanol–water partition coefficient (Wildman–Crippen LogP) is 7.41. The lowest BCUT2D eigenvalue weighted by molar-refractivity contribution is 1.01. The molecule has 0 aromatic carbocycles. The molecule has 0 radical (unpaired) electrons. The second-order valence-corrected chi connectivity index (χ2v) is 19.5. The normalized spacial score (nSPS) is 12.1. The largest absolute Gasteiger partial charge is 0.342 e. The van der Waals surface area contributed by atoms with Crippen LogP contribution in [0.15, 0.2) is 48.8 Å². The molecule has 30 heavy (non-hydrogen) atoms. The molecule has 8 heteroatoms. The van der Waals surface area contributed by atoms with Crippen molar-refractivity contribution in [3.05, 3.63) is 48.8 Å². The molecule has 0 saturated carbocycles. The first kappa shape index (κ1) is 27.2. The van der Waals surface area contributed by atoms with Crippen LogP contribution in [0.4, 0.5) is 11.6 Å². The lowest BCUT2D eigenvalue weighted by atomic mass is 10.5. The molecule has 0 bridgehead atoms. The van der Waals surface area contributed by atoms with Crippen molar-refractivity contribution in [1.82, 2.24) is 9.97 Å². The molecule has 2 N–H and O–H groups in total. The Labute approximate surface area is 194 Å². The van der Waals surface area contributed by atoms with Crippen LogP contribution in [0, 0.1) is 0 Å². The lowest BCUT2D eigenvalue weighted by Crippen LogP contribution is -2.15. The van der Waals surface area contributed by atoms with E-state index in [0.29, 0.717) is 22.6 Å². The van der Waals surface area contributed by atoms with E-state index in [-0.39, 0.29) is 0 Å². The van der Waals surface area contributed by atoms with Crippen LogP contribution in [-0.2, 0) is 23.6 Å². The minimum absolute atomic E-state index is 0.495. The summed E-state index contributed by atoms with van der Waals surface area (Å²) in [7, 11) is 0. The van der Waals surface area contributed by atoms with Crippen molar-refractivity contribution in [1.29, 1.82) is 0 Å². The molecule has 0 aliphatic rings. The first-order valence-electron chi connectivity index (χ1n) is 10.5. The van der Waals surface area contributed by atoms with Gasteiger partial charge in [0.25, 0.3) is 0 Å². The Balaban J connectivity index is 0.000000300. The van der Waals surface area contributed by atoms with Gasteiger partial charge in [0.1, 0.15) is 11.6 Å². The number of aromatic nitrogens is 2. The van der Waals surface area contributed by atoms with E-state index in [2.05, 4.69) is 75.5 Å². The summed E-state index contributed by atoms with van der Waals surface area (Å²) in [6, 6.07) is 11.8.